The highest BCUT2D eigenvalue weighted by molar-refractivity contribution is 6.33. The molecule has 0 saturated heterocycles. The van der Waals surface area contributed by atoms with Crippen molar-refractivity contribution < 1.29 is 14.8 Å². The predicted molar refractivity (Wildman–Crippen MR) is 76.0 cm³/mol. The minimum absolute atomic E-state index is 0.0832. The third-order valence-corrected chi connectivity index (χ3v) is 2.94. The normalized spacial score (nSPS) is 11.2. The number of carbonyl (C=O) groups is 1. The van der Waals surface area contributed by atoms with Crippen LogP contribution in [0.5, 0.6) is 0 Å². The lowest BCUT2D eigenvalue weighted by molar-refractivity contribution is -0.384. The standard InChI is InChI=1S/C13H17ClN2O4/c1-4-15(8-13(2,3)18)12(17)9-5-6-11(16(19)20)10(14)7-9/h5-7,18H,4,8H2,1-3H3. The summed E-state index contributed by atoms with van der Waals surface area (Å²) in [5.74, 6) is -0.327. The van der Waals surface area contributed by atoms with E-state index in [0.29, 0.717) is 6.54 Å². The van der Waals surface area contributed by atoms with Gasteiger partial charge in [0.2, 0.25) is 0 Å². The van der Waals surface area contributed by atoms with Crippen LogP contribution >= 0.6 is 11.6 Å². The van der Waals surface area contributed by atoms with E-state index in [0.717, 1.165) is 0 Å². The van der Waals surface area contributed by atoms with E-state index in [1.165, 1.54) is 23.1 Å². The van der Waals surface area contributed by atoms with E-state index in [1.54, 1.807) is 20.8 Å². The van der Waals surface area contributed by atoms with Gasteiger partial charge in [0.25, 0.3) is 11.6 Å². The highest BCUT2D eigenvalue weighted by atomic mass is 35.5. The highest BCUT2D eigenvalue weighted by Gasteiger charge is 2.23. The van der Waals surface area contributed by atoms with Crippen molar-refractivity contribution in [2.45, 2.75) is 26.4 Å². The van der Waals surface area contributed by atoms with Crippen LogP contribution in [0.4, 0.5) is 5.69 Å². The third-order valence-electron chi connectivity index (χ3n) is 2.64. The molecule has 1 aromatic rings. The van der Waals surface area contributed by atoms with Gasteiger partial charge in [-0.15, -0.1) is 0 Å². The second-order valence-electron chi connectivity index (χ2n) is 5.06. The molecule has 0 radical (unpaired) electrons. The molecule has 0 saturated carbocycles. The number of nitro benzene ring substituents is 1. The number of hydrogen-bond acceptors (Lipinski definition) is 4. The van der Waals surface area contributed by atoms with Crippen molar-refractivity contribution in [1.82, 2.24) is 4.90 Å². The molecule has 0 spiro atoms. The lowest BCUT2D eigenvalue weighted by atomic mass is 10.1. The van der Waals surface area contributed by atoms with Crippen LogP contribution in [0.2, 0.25) is 5.02 Å². The number of aliphatic hydroxyl groups is 1. The van der Waals surface area contributed by atoms with Gasteiger partial charge in [-0.25, -0.2) is 0 Å². The Morgan fingerprint density at radius 3 is 2.50 bits per heavy atom. The third kappa shape index (κ3) is 4.18. The van der Waals surface area contributed by atoms with E-state index in [2.05, 4.69) is 0 Å². The van der Waals surface area contributed by atoms with Gasteiger partial charge in [0.05, 0.1) is 10.5 Å². The monoisotopic (exact) mass is 300 g/mol. The Morgan fingerprint density at radius 2 is 2.10 bits per heavy atom. The summed E-state index contributed by atoms with van der Waals surface area (Å²) >= 11 is 5.79. The van der Waals surface area contributed by atoms with Crippen molar-refractivity contribution >= 4 is 23.2 Å². The number of hydrogen-bond donors (Lipinski definition) is 1. The van der Waals surface area contributed by atoms with Gasteiger partial charge in [-0.3, -0.25) is 14.9 Å². The van der Waals surface area contributed by atoms with Crippen LogP contribution < -0.4 is 0 Å². The minimum atomic E-state index is -1.02. The SMILES string of the molecule is CCN(CC(C)(C)O)C(=O)c1ccc([N+](=O)[O-])c(Cl)c1. The van der Waals surface area contributed by atoms with Crippen molar-refractivity contribution in [2.24, 2.45) is 0 Å². The summed E-state index contributed by atoms with van der Waals surface area (Å²) in [4.78, 5) is 23.8. The first-order chi connectivity index (χ1) is 9.15. The summed E-state index contributed by atoms with van der Waals surface area (Å²) < 4.78 is 0. The predicted octanol–water partition coefficient (Wildman–Crippen LogP) is 2.48. The summed E-state index contributed by atoms with van der Waals surface area (Å²) in [5, 5.41) is 20.4. The molecule has 0 aliphatic rings. The summed E-state index contributed by atoms with van der Waals surface area (Å²) in [5.41, 5.74) is -1.00. The maximum atomic E-state index is 12.3. The van der Waals surface area contributed by atoms with Crippen LogP contribution in [0.15, 0.2) is 18.2 Å². The molecule has 6 nitrogen and oxygen atoms in total. The Bertz CT molecular complexity index is 526. The number of nitrogens with zero attached hydrogens (tertiary/aromatic N) is 2. The van der Waals surface area contributed by atoms with E-state index >= 15 is 0 Å². The van der Waals surface area contributed by atoms with Gasteiger partial charge in [0.15, 0.2) is 0 Å². The van der Waals surface area contributed by atoms with E-state index in [4.69, 9.17) is 11.6 Å². The van der Waals surface area contributed by atoms with Gasteiger partial charge < -0.3 is 10.0 Å². The van der Waals surface area contributed by atoms with E-state index in [1.807, 2.05) is 0 Å². The quantitative estimate of drug-likeness (QED) is 0.669. The molecule has 0 unspecified atom stereocenters. The molecule has 0 fully saturated rings. The Labute approximate surface area is 122 Å². The Hall–Kier alpha value is -1.66. The van der Waals surface area contributed by atoms with Crippen LogP contribution in [0, 0.1) is 10.1 Å². The molecule has 1 N–H and O–H groups in total. The molecule has 110 valence electrons. The molecule has 0 aliphatic heterocycles. The second kappa shape index (κ2) is 6.19. The lowest BCUT2D eigenvalue weighted by Gasteiger charge is -2.28. The first-order valence-corrected chi connectivity index (χ1v) is 6.49. The van der Waals surface area contributed by atoms with Crippen molar-refractivity contribution in [3.05, 3.63) is 38.9 Å². The zero-order valence-corrected chi connectivity index (χ0v) is 12.3. The summed E-state index contributed by atoms with van der Waals surface area (Å²) in [6, 6.07) is 3.84. The highest BCUT2D eigenvalue weighted by Crippen LogP contribution is 2.25. The van der Waals surface area contributed by atoms with Crippen LogP contribution in [0.3, 0.4) is 0 Å². The second-order valence-corrected chi connectivity index (χ2v) is 5.46. The maximum absolute atomic E-state index is 12.3. The average Bonchev–Trinajstić information content (AvgIpc) is 2.33. The number of amides is 1. The number of likely N-dealkylation sites (N-methyl/N-ethyl adjacent to an activating group) is 1. The van der Waals surface area contributed by atoms with Crippen molar-refractivity contribution in [3.8, 4) is 0 Å². The van der Waals surface area contributed by atoms with Crippen LogP contribution in [0.25, 0.3) is 0 Å². The average molecular weight is 301 g/mol. The van der Waals surface area contributed by atoms with Gasteiger partial charge in [-0.2, -0.15) is 0 Å². The Balaban J connectivity index is 3.02. The number of rotatable bonds is 5. The smallest absolute Gasteiger partial charge is 0.287 e. The number of carbonyl (C=O) groups excluding carboxylic acids is 1. The summed E-state index contributed by atoms with van der Waals surface area (Å²) in [6.07, 6.45) is 0. The molecular formula is C13H17ClN2O4. The van der Waals surface area contributed by atoms with Gasteiger partial charge in [0, 0.05) is 24.7 Å². The van der Waals surface area contributed by atoms with Crippen molar-refractivity contribution in [2.75, 3.05) is 13.1 Å². The number of halogens is 1. The maximum Gasteiger partial charge on any atom is 0.287 e. The van der Waals surface area contributed by atoms with Crippen molar-refractivity contribution in [1.29, 1.82) is 0 Å². The molecule has 1 amide bonds. The molecule has 0 aromatic heterocycles. The summed E-state index contributed by atoms with van der Waals surface area (Å²) in [6.45, 7) is 5.57. The van der Waals surface area contributed by atoms with Gasteiger partial charge >= 0.3 is 0 Å². The minimum Gasteiger partial charge on any atom is -0.389 e. The lowest BCUT2D eigenvalue weighted by Crippen LogP contribution is -2.42. The molecule has 0 heterocycles. The Morgan fingerprint density at radius 1 is 1.50 bits per heavy atom. The largest absolute Gasteiger partial charge is 0.389 e. The number of nitro groups is 1. The van der Waals surface area contributed by atoms with Crippen LogP contribution in [0.1, 0.15) is 31.1 Å². The molecule has 0 bridgehead atoms. The molecule has 1 aromatic carbocycles. The molecular weight excluding hydrogens is 284 g/mol. The first kappa shape index (κ1) is 16.4. The fourth-order valence-corrected chi connectivity index (χ4v) is 2.01. The van der Waals surface area contributed by atoms with Crippen molar-refractivity contribution in [3.63, 3.8) is 0 Å². The number of benzene rings is 1. The van der Waals surface area contributed by atoms with E-state index < -0.39 is 10.5 Å². The Kier molecular flexibility index (Phi) is 5.08. The molecule has 1 rings (SSSR count). The molecule has 20 heavy (non-hydrogen) atoms. The van der Waals surface area contributed by atoms with Gasteiger partial charge in [-0.05, 0) is 32.9 Å². The summed E-state index contributed by atoms with van der Waals surface area (Å²) in [7, 11) is 0. The van der Waals surface area contributed by atoms with Crippen LogP contribution in [-0.4, -0.2) is 39.5 Å². The molecule has 0 aliphatic carbocycles. The zero-order valence-electron chi connectivity index (χ0n) is 11.6. The van der Waals surface area contributed by atoms with Gasteiger partial charge in [0.1, 0.15) is 5.02 Å². The molecule has 0 atom stereocenters. The van der Waals surface area contributed by atoms with Gasteiger partial charge in [-0.1, -0.05) is 11.6 Å². The topological polar surface area (TPSA) is 83.7 Å². The van der Waals surface area contributed by atoms with Crippen LogP contribution in [-0.2, 0) is 0 Å². The van der Waals surface area contributed by atoms with E-state index in [9.17, 15) is 20.0 Å². The fraction of sp³-hybridized carbons (Fsp3) is 0.462. The molecule has 7 heteroatoms. The first-order valence-electron chi connectivity index (χ1n) is 6.11. The zero-order chi connectivity index (χ0) is 15.5. The fourth-order valence-electron chi connectivity index (χ4n) is 1.76. The van der Waals surface area contributed by atoms with E-state index in [-0.39, 0.29) is 28.7 Å².